The summed E-state index contributed by atoms with van der Waals surface area (Å²) in [6.07, 6.45) is 6.24. The summed E-state index contributed by atoms with van der Waals surface area (Å²) in [6.45, 7) is 3.37. The van der Waals surface area contributed by atoms with Crippen LogP contribution in [0.15, 0.2) is 0 Å². The van der Waals surface area contributed by atoms with E-state index < -0.39 is 6.16 Å². The van der Waals surface area contributed by atoms with E-state index in [-0.39, 0.29) is 0 Å². The topological polar surface area (TPSA) is 88.0 Å². The molecule has 0 spiro atoms. The molecular formula is C9H21NO3. The molecule has 0 aliphatic carbocycles. The van der Waals surface area contributed by atoms with Gasteiger partial charge in [-0.3, -0.25) is 0 Å². The van der Waals surface area contributed by atoms with Crippen molar-refractivity contribution in [2.45, 2.75) is 45.4 Å². The highest BCUT2D eigenvalue weighted by atomic mass is 16.6. The molecule has 0 aliphatic heterocycles. The van der Waals surface area contributed by atoms with Gasteiger partial charge in [0, 0.05) is 0 Å². The number of carbonyl (C=O) groups is 1. The summed E-state index contributed by atoms with van der Waals surface area (Å²) in [4.78, 5) is 8.44. The summed E-state index contributed by atoms with van der Waals surface area (Å²) in [5, 5.41) is 15.3. The molecule has 0 saturated carbocycles. The Balaban J connectivity index is 0. The molecule has 0 aromatic carbocycles. The van der Waals surface area contributed by atoms with Crippen LogP contribution in [-0.4, -0.2) is 17.8 Å². The summed E-state index contributed by atoms with van der Waals surface area (Å²) in [5.74, 6) is 0. The first kappa shape index (κ1) is 14.7. The van der Waals surface area contributed by atoms with Gasteiger partial charge in [-0.05, 0) is 12.8 Å². The van der Waals surface area contributed by atoms with E-state index in [1.54, 1.807) is 0 Å². The largest absolute Gasteiger partial charge is 0.565 e. The van der Waals surface area contributed by atoms with Crippen LogP contribution in [0.4, 0.5) is 4.79 Å². The molecule has 0 atom stereocenters. The maximum atomic E-state index is 8.44. The van der Waals surface area contributed by atoms with E-state index in [0.29, 0.717) is 0 Å². The Bertz CT molecular complexity index is 97.0. The van der Waals surface area contributed by atoms with Crippen molar-refractivity contribution in [3.63, 3.8) is 0 Å². The maximum absolute atomic E-state index is 8.44. The lowest BCUT2D eigenvalue weighted by Crippen LogP contribution is -2.50. The third kappa shape index (κ3) is 35.0. The highest BCUT2D eigenvalue weighted by Gasteiger charge is 1.87. The lowest BCUT2D eigenvalue weighted by molar-refractivity contribution is -0.368. The maximum Gasteiger partial charge on any atom is 0.249 e. The van der Waals surface area contributed by atoms with Crippen LogP contribution in [-0.2, 0) is 0 Å². The number of rotatable bonds is 6. The molecule has 0 aliphatic rings. The highest BCUT2D eigenvalue weighted by molar-refractivity contribution is 5.50. The molecule has 4 nitrogen and oxygen atoms in total. The number of hydrogen-bond donors (Lipinski definition) is 2. The van der Waals surface area contributed by atoms with E-state index in [0.717, 1.165) is 6.54 Å². The fourth-order valence-corrected chi connectivity index (χ4v) is 0.957. The molecule has 0 aromatic rings. The van der Waals surface area contributed by atoms with Crippen molar-refractivity contribution in [2.75, 3.05) is 6.54 Å². The van der Waals surface area contributed by atoms with Gasteiger partial charge >= 0.3 is 0 Å². The minimum Gasteiger partial charge on any atom is -0.565 e. The number of quaternary nitrogens is 1. The van der Waals surface area contributed by atoms with Crippen LogP contribution in [0, 0.1) is 0 Å². The van der Waals surface area contributed by atoms with Crippen molar-refractivity contribution < 1.29 is 20.7 Å². The van der Waals surface area contributed by atoms with E-state index in [4.69, 9.17) is 15.0 Å². The van der Waals surface area contributed by atoms with E-state index in [1.165, 1.54) is 38.5 Å². The molecule has 0 aromatic heterocycles. The van der Waals surface area contributed by atoms with Gasteiger partial charge in [-0.2, -0.15) is 0 Å². The van der Waals surface area contributed by atoms with Crippen LogP contribution in [0.5, 0.6) is 0 Å². The van der Waals surface area contributed by atoms with Gasteiger partial charge in [0.1, 0.15) is 0 Å². The number of carboxylic acid groups (broad SMARTS) is 2. The molecule has 13 heavy (non-hydrogen) atoms. The fraction of sp³-hybridized carbons (Fsp3) is 0.889. The van der Waals surface area contributed by atoms with Crippen LogP contribution in [0.25, 0.3) is 0 Å². The monoisotopic (exact) mass is 191 g/mol. The lowest BCUT2D eigenvalue weighted by Gasteiger charge is -1.95. The molecule has 0 amide bonds. The van der Waals surface area contributed by atoms with Crippen molar-refractivity contribution in [1.29, 1.82) is 0 Å². The number of hydrogen-bond acceptors (Lipinski definition) is 2. The summed E-state index contributed by atoms with van der Waals surface area (Å²) in [5.41, 5.74) is 3.80. The molecule has 0 heterocycles. The van der Waals surface area contributed by atoms with Crippen LogP contribution in [0.2, 0.25) is 0 Å². The molecule has 4 N–H and O–H groups in total. The zero-order valence-electron chi connectivity index (χ0n) is 8.42. The van der Waals surface area contributed by atoms with Gasteiger partial charge in [-0.15, -0.1) is 0 Å². The van der Waals surface area contributed by atoms with Gasteiger partial charge < -0.3 is 20.7 Å². The zero-order chi connectivity index (χ0) is 10.5. The average Bonchev–Trinajstić information content (AvgIpc) is 2.03. The van der Waals surface area contributed by atoms with Crippen molar-refractivity contribution in [1.82, 2.24) is 0 Å². The van der Waals surface area contributed by atoms with Crippen LogP contribution < -0.4 is 10.8 Å². The second kappa shape index (κ2) is 13.8. The highest BCUT2D eigenvalue weighted by Crippen LogP contribution is 2.03. The van der Waals surface area contributed by atoms with Crippen LogP contribution in [0.3, 0.4) is 0 Å². The molecule has 80 valence electrons. The zero-order valence-corrected chi connectivity index (χ0v) is 8.42. The van der Waals surface area contributed by atoms with Gasteiger partial charge in [-0.25, -0.2) is 0 Å². The van der Waals surface area contributed by atoms with Gasteiger partial charge in [0.2, 0.25) is 6.16 Å². The number of unbranched alkanes of at least 4 members (excludes halogenated alkanes) is 5. The minimum atomic E-state index is -2.08. The summed E-state index contributed by atoms with van der Waals surface area (Å²) < 4.78 is 0. The third-order valence-electron chi connectivity index (χ3n) is 1.60. The normalized spacial score (nSPS) is 8.77. The summed E-state index contributed by atoms with van der Waals surface area (Å²) in [7, 11) is 0. The smallest absolute Gasteiger partial charge is 0.249 e. The Kier molecular flexibility index (Phi) is 15.6. The minimum absolute atomic E-state index is 1.12. The quantitative estimate of drug-likeness (QED) is 0.598. The van der Waals surface area contributed by atoms with Crippen molar-refractivity contribution in [3.05, 3.63) is 0 Å². The van der Waals surface area contributed by atoms with E-state index in [1.807, 2.05) is 0 Å². The second-order valence-corrected chi connectivity index (χ2v) is 2.89. The molecule has 0 bridgehead atoms. The second-order valence-electron chi connectivity index (χ2n) is 2.89. The van der Waals surface area contributed by atoms with E-state index in [9.17, 15) is 0 Å². The van der Waals surface area contributed by atoms with Crippen LogP contribution in [0.1, 0.15) is 45.4 Å². The Morgan fingerprint density at radius 1 is 1.23 bits per heavy atom. The molecule has 0 rings (SSSR count). The van der Waals surface area contributed by atoms with Crippen molar-refractivity contribution >= 4 is 6.16 Å². The van der Waals surface area contributed by atoms with E-state index >= 15 is 0 Å². The van der Waals surface area contributed by atoms with Crippen molar-refractivity contribution in [3.8, 4) is 0 Å². The molecule has 0 unspecified atom stereocenters. The molecule has 0 radical (unpaired) electrons. The summed E-state index contributed by atoms with van der Waals surface area (Å²) in [6, 6.07) is 0. The lowest BCUT2D eigenvalue weighted by atomic mass is 10.1. The molecule has 0 fully saturated rings. The summed E-state index contributed by atoms with van der Waals surface area (Å²) >= 11 is 0. The Morgan fingerprint density at radius 3 is 2.00 bits per heavy atom. The van der Waals surface area contributed by atoms with Gasteiger partial charge in [0.15, 0.2) is 0 Å². The predicted molar refractivity (Wildman–Crippen MR) is 49.2 cm³/mol. The predicted octanol–water partition coefficient (Wildman–Crippen LogP) is 0.477. The fourth-order valence-electron chi connectivity index (χ4n) is 0.957. The first-order valence-corrected chi connectivity index (χ1v) is 4.84. The molecule has 4 heteroatoms. The van der Waals surface area contributed by atoms with Gasteiger partial charge in [-0.1, -0.05) is 32.6 Å². The first-order chi connectivity index (χ1) is 6.15. The SMILES string of the molecule is CCCCCCCC[NH3+].O=C([O-])O. The van der Waals surface area contributed by atoms with Crippen LogP contribution >= 0.6 is 0 Å². The van der Waals surface area contributed by atoms with Crippen molar-refractivity contribution in [2.24, 2.45) is 0 Å². The average molecular weight is 191 g/mol. The Morgan fingerprint density at radius 2 is 1.62 bits per heavy atom. The molecule has 0 saturated heterocycles. The van der Waals surface area contributed by atoms with E-state index in [2.05, 4.69) is 12.7 Å². The Hall–Kier alpha value is -0.770. The third-order valence-corrected chi connectivity index (χ3v) is 1.60. The van der Waals surface area contributed by atoms with Gasteiger partial charge in [0.25, 0.3) is 0 Å². The standard InChI is InChI=1S/C8H19N.CH2O3/c1-2-3-4-5-6-7-8-9;2-1(3)4/h2-9H2,1H3;(H2,2,3,4). The Labute approximate surface area is 79.8 Å². The van der Waals surface area contributed by atoms with Gasteiger partial charge in [0.05, 0.1) is 6.54 Å². The first-order valence-electron chi connectivity index (χ1n) is 4.84. The molecular weight excluding hydrogens is 170 g/mol.